The van der Waals surface area contributed by atoms with Gasteiger partial charge in [-0.05, 0) is 64.0 Å². The van der Waals surface area contributed by atoms with Crippen molar-refractivity contribution in [1.29, 1.82) is 0 Å². The summed E-state index contributed by atoms with van der Waals surface area (Å²) in [4.78, 5) is 2.88. The molecule has 1 heterocycles. The first-order valence-corrected chi connectivity index (χ1v) is 9.27. The Balaban J connectivity index is 1.59. The predicted octanol–water partition coefficient (Wildman–Crippen LogP) is 3.95. The van der Waals surface area contributed by atoms with Crippen LogP contribution in [0.2, 0.25) is 0 Å². The summed E-state index contributed by atoms with van der Waals surface area (Å²) in [6.07, 6.45) is 15.9. The van der Waals surface area contributed by atoms with Crippen molar-refractivity contribution in [3.63, 3.8) is 0 Å². The molecular formula is C18H34N2. The summed E-state index contributed by atoms with van der Waals surface area (Å²) in [5.74, 6) is 0.949. The Kier molecular flexibility index (Phi) is 5.04. The highest BCUT2D eigenvalue weighted by molar-refractivity contribution is 4.97. The molecule has 1 aliphatic heterocycles. The van der Waals surface area contributed by atoms with Crippen LogP contribution in [0, 0.1) is 5.92 Å². The smallest absolute Gasteiger partial charge is 0.0334 e. The molecule has 116 valence electrons. The van der Waals surface area contributed by atoms with Crippen molar-refractivity contribution in [2.45, 2.75) is 89.1 Å². The van der Waals surface area contributed by atoms with Gasteiger partial charge in [0.05, 0.1) is 0 Å². The molecule has 2 heteroatoms. The van der Waals surface area contributed by atoms with Crippen molar-refractivity contribution in [2.24, 2.45) is 5.92 Å². The van der Waals surface area contributed by atoms with Crippen molar-refractivity contribution >= 4 is 0 Å². The third kappa shape index (κ3) is 3.39. The lowest BCUT2D eigenvalue weighted by Gasteiger charge is -2.49. The topological polar surface area (TPSA) is 15.3 Å². The van der Waals surface area contributed by atoms with E-state index in [1.807, 2.05) is 0 Å². The predicted molar refractivity (Wildman–Crippen MR) is 86.0 cm³/mol. The average molecular weight is 278 g/mol. The minimum atomic E-state index is 0.518. The minimum absolute atomic E-state index is 0.518. The summed E-state index contributed by atoms with van der Waals surface area (Å²) < 4.78 is 0. The van der Waals surface area contributed by atoms with Gasteiger partial charge in [0.2, 0.25) is 0 Å². The van der Waals surface area contributed by atoms with Gasteiger partial charge >= 0.3 is 0 Å². The van der Waals surface area contributed by atoms with E-state index >= 15 is 0 Å². The summed E-state index contributed by atoms with van der Waals surface area (Å²) in [6, 6.07) is 0.814. The van der Waals surface area contributed by atoms with Crippen LogP contribution in [0.15, 0.2) is 0 Å². The van der Waals surface area contributed by atoms with E-state index in [4.69, 9.17) is 0 Å². The highest BCUT2D eigenvalue weighted by Crippen LogP contribution is 2.36. The zero-order valence-corrected chi connectivity index (χ0v) is 13.5. The highest BCUT2D eigenvalue weighted by Gasteiger charge is 2.38. The van der Waals surface area contributed by atoms with Gasteiger partial charge in [-0.25, -0.2) is 0 Å². The molecule has 2 atom stereocenters. The molecule has 3 fully saturated rings. The summed E-state index contributed by atoms with van der Waals surface area (Å²) in [5.41, 5.74) is 0.518. The monoisotopic (exact) mass is 278 g/mol. The SMILES string of the molecule is CC1CCC(NCC2(N3CCCCC3)CCCCC2)C1. The summed E-state index contributed by atoms with van der Waals surface area (Å²) in [6.45, 7) is 6.42. The van der Waals surface area contributed by atoms with Gasteiger partial charge in [0, 0.05) is 18.1 Å². The Morgan fingerprint density at radius 1 is 0.950 bits per heavy atom. The second-order valence-electron chi connectivity index (χ2n) is 7.83. The molecule has 0 aromatic rings. The van der Waals surface area contributed by atoms with Gasteiger partial charge in [-0.2, -0.15) is 0 Å². The largest absolute Gasteiger partial charge is 0.312 e. The average Bonchev–Trinajstić information content (AvgIpc) is 2.93. The molecule has 2 saturated carbocycles. The Bertz CT molecular complexity index is 290. The molecule has 0 aromatic heterocycles. The van der Waals surface area contributed by atoms with E-state index in [0.29, 0.717) is 5.54 Å². The highest BCUT2D eigenvalue weighted by atomic mass is 15.2. The van der Waals surface area contributed by atoms with Crippen LogP contribution >= 0.6 is 0 Å². The Labute approximate surface area is 125 Å². The molecule has 0 spiro atoms. The van der Waals surface area contributed by atoms with Crippen molar-refractivity contribution in [2.75, 3.05) is 19.6 Å². The molecule has 0 bridgehead atoms. The second kappa shape index (κ2) is 6.79. The Morgan fingerprint density at radius 2 is 1.65 bits per heavy atom. The molecular weight excluding hydrogens is 244 g/mol. The molecule has 2 nitrogen and oxygen atoms in total. The summed E-state index contributed by atoms with van der Waals surface area (Å²) in [5, 5.41) is 3.98. The van der Waals surface area contributed by atoms with Crippen molar-refractivity contribution in [1.82, 2.24) is 10.2 Å². The third-order valence-electron chi connectivity index (χ3n) is 6.23. The van der Waals surface area contributed by atoms with Gasteiger partial charge in [-0.1, -0.05) is 32.6 Å². The van der Waals surface area contributed by atoms with Gasteiger partial charge in [0.25, 0.3) is 0 Å². The van der Waals surface area contributed by atoms with E-state index in [1.165, 1.54) is 90.3 Å². The van der Waals surface area contributed by atoms with Crippen molar-refractivity contribution < 1.29 is 0 Å². The summed E-state index contributed by atoms with van der Waals surface area (Å²) in [7, 11) is 0. The zero-order chi connectivity index (χ0) is 13.8. The number of hydrogen-bond acceptors (Lipinski definition) is 2. The molecule has 0 amide bonds. The van der Waals surface area contributed by atoms with E-state index in [0.717, 1.165) is 12.0 Å². The molecule has 1 saturated heterocycles. The number of hydrogen-bond donors (Lipinski definition) is 1. The normalized spacial score (nSPS) is 35.2. The molecule has 2 unspecified atom stereocenters. The maximum absolute atomic E-state index is 3.98. The van der Waals surface area contributed by atoms with Gasteiger partial charge in [0.15, 0.2) is 0 Å². The molecule has 2 aliphatic carbocycles. The lowest BCUT2D eigenvalue weighted by atomic mass is 9.79. The van der Waals surface area contributed by atoms with E-state index in [1.54, 1.807) is 0 Å². The number of piperidine rings is 1. The van der Waals surface area contributed by atoms with Crippen LogP contribution in [0.1, 0.15) is 77.6 Å². The number of nitrogens with zero attached hydrogens (tertiary/aromatic N) is 1. The maximum Gasteiger partial charge on any atom is 0.0334 e. The van der Waals surface area contributed by atoms with Gasteiger partial charge in [-0.3, -0.25) is 4.90 Å². The van der Waals surface area contributed by atoms with Gasteiger partial charge < -0.3 is 5.32 Å². The fourth-order valence-corrected chi connectivity index (χ4v) is 4.91. The molecule has 3 rings (SSSR count). The minimum Gasteiger partial charge on any atom is -0.312 e. The fraction of sp³-hybridized carbons (Fsp3) is 1.00. The van der Waals surface area contributed by atoms with Crippen LogP contribution in [0.3, 0.4) is 0 Å². The van der Waals surface area contributed by atoms with Gasteiger partial charge in [0.1, 0.15) is 0 Å². The Hall–Kier alpha value is -0.0800. The lowest BCUT2D eigenvalue weighted by molar-refractivity contribution is 0.0314. The number of rotatable bonds is 4. The molecule has 20 heavy (non-hydrogen) atoms. The molecule has 0 radical (unpaired) electrons. The first-order chi connectivity index (χ1) is 9.78. The second-order valence-corrected chi connectivity index (χ2v) is 7.83. The van der Waals surface area contributed by atoms with Crippen molar-refractivity contribution in [3.05, 3.63) is 0 Å². The quantitative estimate of drug-likeness (QED) is 0.837. The van der Waals surface area contributed by atoms with E-state index in [-0.39, 0.29) is 0 Å². The zero-order valence-electron chi connectivity index (χ0n) is 13.5. The molecule has 0 aromatic carbocycles. The van der Waals surface area contributed by atoms with Crippen LogP contribution in [0.4, 0.5) is 0 Å². The van der Waals surface area contributed by atoms with Crippen LogP contribution in [0.5, 0.6) is 0 Å². The van der Waals surface area contributed by atoms with Crippen molar-refractivity contribution in [3.8, 4) is 0 Å². The number of likely N-dealkylation sites (tertiary alicyclic amines) is 1. The lowest BCUT2D eigenvalue weighted by Crippen LogP contribution is -2.58. The van der Waals surface area contributed by atoms with Crippen LogP contribution in [-0.2, 0) is 0 Å². The van der Waals surface area contributed by atoms with Crippen LogP contribution in [0.25, 0.3) is 0 Å². The standard InChI is InChI=1S/C18H34N2/c1-16-8-9-17(14-16)19-15-18(10-4-2-5-11-18)20-12-6-3-7-13-20/h16-17,19H,2-15H2,1H3. The fourth-order valence-electron chi connectivity index (χ4n) is 4.91. The molecule has 1 N–H and O–H groups in total. The summed E-state index contributed by atoms with van der Waals surface area (Å²) >= 11 is 0. The van der Waals surface area contributed by atoms with Crippen LogP contribution in [-0.4, -0.2) is 36.1 Å². The first kappa shape index (κ1) is 14.8. The Morgan fingerprint density at radius 3 is 2.30 bits per heavy atom. The number of nitrogens with one attached hydrogen (secondary N) is 1. The van der Waals surface area contributed by atoms with E-state index in [9.17, 15) is 0 Å². The molecule has 3 aliphatic rings. The van der Waals surface area contributed by atoms with E-state index in [2.05, 4.69) is 17.1 Å². The first-order valence-electron chi connectivity index (χ1n) is 9.27. The van der Waals surface area contributed by atoms with Crippen LogP contribution < -0.4 is 5.32 Å². The maximum atomic E-state index is 3.98. The van der Waals surface area contributed by atoms with E-state index < -0.39 is 0 Å². The third-order valence-corrected chi connectivity index (χ3v) is 6.23. The van der Waals surface area contributed by atoms with Gasteiger partial charge in [-0.15, -0.1) is 0 Å².